The van der Waals surface area contributed by atoms with Crippen molar-refractivity contribution in [2.24, 2.45) is 0 Å². The number of halogens is 3. The fourth-order valence-electron chi connectivity index (χ4n) is 0. The summed E-state index contributed by atoms with van der Waals surface area (Å²) < 4.78 is 73.2. The summed E-state index contributed by atoms with van der Waals surface area (Å²) in [5, 5.41) is 0. The van der Waals surface area contributed by atoms with E-state index in [-0.39, 0.29) is 56.9 Å². The van der Waals surface area contributed by atoms with Crippen LogP contribution in [0.5, 0.6) is 0 Å². The van der Waals surface area contributed by atoms with Gasteiger partial charge in [0.2, 0.25) is 0 Å². The van der Waals surface area contributed by atoms with E-state index in [1.807, 2.05) is 0 Å². The molecule has 0 atom stereocenters. The predicted molar refractivity (Wildman–Crippen MR) is 8.05 cm³/mol. The summed E-state index contributed by atoms with van der Waals surface area (Å²) >= 11 is 0. The molecule has 0 rings (SSSR count). The van der Waals surface area contributed by atoms with Crippen molar-refractivity contribution in [1.82, 2.24) is 0 Å². The molecule has 0 radical (unpaired) electrons. The van der Waals surface area contributed by atoms with Gasteiger partial charge in [0.25, 0.3) is 21.6 Å². The van der Waals surface area contributed by atoms with Gasteiger partial charge in [-0.05, 0) is 0 Å². The van der Waals surface area contributed by atoms with Gasteiger partial charge in [0.05, 0.1) is 10.8 Å². The molecular formula is H4Cl3KO10. The second-order valence-electron chi connectivity index (χ2n) is 0.591. The number of hydrogen-bond acceptors (Lipinski definition) is 9. The van der Waals surface area contributed by atoms with Gasteiger partial charge in [0.15, 0.2) is 0 Å². The molecule has 0 aromatic carbocycles. The Morgan fingerprint density at radius 3 is 0.643 bits per heavy atom. The second kappa shape index (κ2) is 24.4. The molecule has 0 aromatic rings. The monoisotopic (exact) mass is 308 g/mol. The fraction of sp³-hybridized carbons (Fsp3) is 0. The first kappa shape index (κ1) is 29.8. The molecule has 0 saturated heterocycles. The van der Waals surface area contributed by atoms with Gasteiger partial charge in [-0.3, -0.25) is 0 Å². The van der Waals surface area contributed by atoms with Gasteiger partial charge in [-0.2, -0.15) is 0 Å². The van der Waals surface area contributed by atoms with Crippen LogP contribution in [0.25, 0.3) is 0 Å². The Bertz CT molecular complexity index is 43.9. The molecule has 0 aliphatic carbocycles. The number of hydrogen-bond donors (Lipinski definition) is 2. The zero-order valence-corrected chi connectivity index (χ0v) is 11.8. The maximum absolute atomic E-state index is 8.52. The van der Waals surface area contributed by atoms with E-state index >= 15 is 0 Å². The van der Waals surface area contributed by atoms with Gasteiger partial charge in [-0.1, -0.05) is 0 Å². The first-order valence-corrected chi connectivity index (χ1v) is 4.25. The van der Waals surface area contributed by atoms with Crippen molar-refractivity contribution in [2.75, 3.05) is 0 Å². The Kier molecular flexibility index (Phi) is 51.9. The number of rotatable bonds is 0. The molecule has 14 heavy (non-hydrogen) atoms. The van der Waals surface area contributed by atoms with Crippen LogP contribution in [-0.2, 0) is 0 Å². The third kappa shape index (κ3) is 546. The van der Waals surface area contributed by atoms with Crippen molar-refractivity contribution in [3.05, 3.63) is 0 Å². The Balaban J connectivity index is -0.0000000270. The van der Waals surface area contributed by atoms with E-state index in [9.17, 15) is 0 Å². The Labute approximate surface area is 129 Å². The second-order valence-corrected chi connectivity index (χ2v) is 1.77. The molecule has 0 unspecified atom stereocenters. The first-order chi connectivity index (χ1) is 5.20. The van der Waals surface area contributed by atoms with E-state index in [4.69, 9.17) is 41.9 Å². The van der Waals surface area contributed by atoms with Crippen molar-refractivity contribution in [2.45, 2.75) is 0 Å². The van der Waals surface area contributed by atoms with Crippen LogP contribution in [0.2, 0.25) is 0 Å². The minimum atomic E-state index is -2.85. The van der Waals surface area contributed by atoms with Gasteiger partial charge in [-0.15, -0.1) is 0 Å². The largest absolute Gasteiger partial charge is 1.00 e. The Morgan fingerprint density at radius 2 is 0.643 bits per heavy atom. The summed E-state index contributed by atoms with van der Waals surface area (Å²) in [6.45, 7) is 0. The predicted octanol–water partition coefficient (Wildman–Crippen LogP) is -13.3. The standard InChI is InChI=1S/2ClHO3.ClO3.K.H2O/c3*2-1(3)4;;/h2*2H;;;1H2/q;;-1;+1;. The van der Waals surface area contributed by atoms with E-state index < -0.39 is 32.4 Å². The molecule has 0 amide bonds. The summed E-state index contributed by atoms with van der Waals surface area (Å²) in [6, 6.07) is 0. The van der Waals surface area contributed by atoms with Gasteiger partial charge in [-0.25, -0.2) is 0 Å². The molecule has 4 N–H and O–H groups in total. The summed E-state index contributed by atoms with van der Waals surface area (Å²) in [5.41, 5.74) is 0. The fourth-order valence-corrected chi connectivity index (χ4v) is 0. The van der Waals surface area contributed by atoms with E-state index in [1.165, 1.54) is 0 Å². The Hall–Kier alpha value is 2.11. The van der Waals surface area contributed by atoms with Crippen LogP contribution in [0.3, 0.4) is 0 Å². The zero-order chi connectivity index (χ0) is 10.7. The van der Waals surface area contributed by atoms with Crippen molar-refractivity contribution in [1.29, 1.82) is 0 Å². The Morgan fingerprint density at radius 1 is 0.643 bits per heavy atom. The summed E-state index contributed by atoms with van der Waals surface area (Å²) in [5.74, 6) is 0. The normalized spacial score (nSPS) is 7.71. The van der Waals surface area contributed by atoms with Crippen molar-refractivity contribution in [3.63, 3.8) is 0 Å². The molecule has 0 saturated carbocycles. The van der Waals surface area contributed by atoms with E-state index in [0.717, 1.165) is 0 Å². The van der Waals surface area contributed by atoms with Gasteiger partial charge in [0.1, 0.15) is 0 Å². The molecule has 0 bridgehead atoms. The van der Waals surface area contributed by atoms with Crippen molar-refractivity contribution in [3.8, 4) is 0 Å². The zero-order valence-electron chi connectivity index (χ0n) is 6.39. The molecule has 0 aromatic heterocycles. The van der Waals surface area contributed by atoms with Crippen LogP contribution in [0.4, 0.5) is 0 Å². The average Bonchev–Trinajstić information content (AvgIpc) is 1.54. The summed E-state index contributed by atoms with van der Waals surface area (Å²) in [6.07, 6.45) is 0. The van der Waals surface area contributed by atoms with Gasteiger partial charge < -0.3 is 38.1 Å². The average molecular weight is 309 g/mol. The molecule has 0 aliphatic heterocycles. The van der Waals surface area contributed by atoms with E-state index in [2.05, 4.69) is 0 Å². The molecule has 0 spiro atoms. The minimum Gasteiger partial charge on any atom is -0.412 e. The molecule has 14 heteroatoms. The molecule has 10 nitrogen and oxygen atoms in total. The van der Waals surface area contributed by atoms with Crippen molar-refractivity contribution < 1.29 is 131 Å². The molecule has 0 aliphatic rings. The SMILES string of the molecule is O.[K+].[O-][Cl+2]([O-])O.[O-][Cl+2]([O-])O.[O-][Cl+2]([O-])[O-]. The summed E-state index contributed by atoms with van der Waals surface area (Å²) in [4.78, 5) is 0. The van der Waals surface area contributed by atoms with Crippen LogP contribution in [0, 0.1) is 32.4 Å². The van der Waals surface area contributed by atoms with Crippen LogP contribution >= 0.6 is 0 Å². The topological polar surface area (TPSA) is 233 Å². The van der Waals surface area contributed by atoms with E-state index in [1.54, 1.807) is 0 Å². The van der Waals surface area contributed by atoms with E-state index in [0.29, 0.717) is 0 Å². The maximum Gasteiger partial charge on any atom is 1.00 e. The molecule has 0 fully saturated rings. The quantitative estimate of drug-likeness (QED) is 0.403. The molecule has 86 valence electrons. The van der Waals surface area contributed by atoms with Crippen LogP contribution in [-0.4, -0.2) is 14.8 Å². The van der Waals surface area contributed by atoms with Crippen LogP contribution in [0.15, 0.2) is 0 Å². The smallest absolute Gasteiger partial charge is 0.412 e. The maximum atomic E-state index is 8.52. The van der Waals surface area contributed by atoms with Gasteiger partial charge >= 0.3 is 51.4 Å². The van der Waals surface area contributed by atoms with Crippen molar-refractivity contribution >= 4 is 0 Å². The minimum absolute atomic E-state index is 0. The summed E-state index contributed by atoms with van der Waals surface area (Å²) in [7, 11) is -8.06. The van der Waals surface area contributed by atoms with Crippen LogP contribution in [0.1, 0.15) is 0 Å². The third-order valence-corrected chi connectivity index (χ3v) is 0. The molecular weight excluding hydrogens is 305 g/mol. The van der Waals surface area contributed by atoms with Gasteiger partial charge in [0, 0.05) is 9.32 Å². The third-order valence-electron chi connectivity index (χ3n) is 0. The first-order valence-electron chi connectivity index (χ1n) is 1.42. The molecule has 0 heterocycles. The van der Waals surface area contributed by atoms with Crippen LogP contribution < -0.4 is 84.0 Å².